The van der Waals surface area contributed by atoms with Crippen molar-refractivity contribution in [3.63, 3.8) is 0 Å². The fourth-order valence-corrected chi connectivity index (χ4v) is 5.91. The summed E-state index contributed by atoms with van der Waals surface area (Å²) in [5.74, 6) is 5.28. The summed E-state index contributed by atoms with van der Waals surface area (Å²) in [5, 5.41) is 12.6. The van der Waals surface area contributed by atoms with Crippen LogP contribution < -0.4 is 22.0 Å². The molecule has 33 heavy (non-hydrogen) atoms. The van der Waals surface area contributed by atoms with Crippen molar-refractivity contribution in [2.24, 2.45) is 21.8 Å². The van der Waals surface area contributed by atoms with Crippen molar-refractivity contribution in [1.82, 2.24) is 10.2 Å². The summed E-state index contributed by atoms with van der Waals surface area (Å²) >= 11 is 0. The molecule has 4 rings (SSSR count). The molecule has 2 fully saturated rings. The molecule has 1 saturated heterocycles. The summed E-state index contributed by atoms with van der Waals surface area (Å²) in [4.78, 5) is 2.59. The average Bonchev–Trinajstić information content (AvgIpc) is 3.37. The number of hydrogen-bond acceptors (Lipinski definition) is 6. The van der Waals surface area contributed by atoms with Crippen LogP contribution in [-0.4, -0.2) is 44.3 Å². The number of rotatable bonds is 7. The van der Waals surface area contributed by atoms with Gasteiger partial charge in [-0.1, -0.05) is 49.2 Å². The van der Waals surface area contributed by atoms with Gasteiger partial charge < -0.3 is 21.8 Å². The van der Waals surface area contributed by atoms with Crippen molar-refractivity contribution < 1.29 is 8.42 Å². The van der Waals surface area contributed by atoms with Gasteiger partial charge in [-0.2, -0.15) is 5.10 Å². The third-order valence-electron chi connectivity index (χ3n) is 6.96. The molecule has 2 aromatic carbocycles. The van der Waals surface area contributed by atoms with E-state index in [0.29, 0.717) is 11.6 Å². The van der Waals surface area contributed by atoms with E-state index in [-0.39, 0.29) is 16.3 Å². The fraction of sp³-hybridized carbons (Fsp3) is 0.458. The van der Waals surface area contributed by atoms with Crippen LogP contribution in [0.3, 0.4) is 0 Å². The third kappa shape index (κ3) is 5.55. The second kappa shape index (κ2) is 10.2. The number of sulfonamides is 1. The Morgan fingerprint density at radius 1 is 1.03 bits per heavy atom. The van der Waals surface area contributed by atoms with Gasteiger partial charge in [-0.15, -0.1) is 0 Å². The highest BCUT2D eigenvalue weighted by Gasteiger charge is 2.27. The maximum Gasteiger partial charge on any atom is 0.238 e. The predicted octanol–water partition coefficient (Wildman–Crippen LogP) is 2.08. The maximum absolute atomic E-state index is 12.1. The first-order valence-electron chi connectivity index (χ1n) is 11.6. The molecule has 0 aromatic heterocycles. The number of benzene rings is 2. The van der Waals surface area contributed by atoms with Gasteiger partial charge in [0.2, 0.25) is 10.0 Å². The number of amidine groups is 1. The Kier molecular flexibility index (Phi) is 7.33. The van der Waals surface area contributed by atoms with Crippen molar-refractivity contribution >= 4 is 15.9 Å². The van der Waals surface area contributed by atoms with Crippen molar-refractivity contribution in [3.8, 4) is 11.1 Å². The van der Waals surface area contributed by atoms with Crippen molar-refractivity contribution in [3.05, 3.63) is 53.6 Å². The Morgan fingerprint density at radius 2 is 1.70 bits per heavy atom. The van der Waals surface area contributed by atoms with Gasteiger partial charge in [0.1, 0.15) is 0 Å². The standard InChI is InChI=1S/C24H34N6O2S/c25-24(29-26)23-21(6-3-7-22(23)33(27,31)32)18-10-8-17(9-11-18)16-28-19-12-14-30(15-13-19)20-4-1-2-5-20/h3,6-11,19-20,28H,1-2,4-5,12-16,26H2,(H2,25,29)(H2,27,31,32). The highest BCUT2D eigenvalue weighted by molar-refractivity contribution is 7.89. The summed E-state index contributed by atoms with van der Waals surface area (Å²) < 4.78 is 24.1. The van der Waals surface area contributed by atoms with Gasteiger partial charge in [0, 0.05) is 24.2 Å². The SMILES string of the molecule is N/N=C(\N)c1c(-c2ccc(CNC3CCN(C4CCCC4)CC3)cc2)cccc1S(N)(=O)=O. The van der Waals surface area contributed by atoms with E-state index in [0.717, 1.165) is 18.2 Å². The minimum Gasteiger partial charge on any atom is -0.382 e. The van der Waals surface area contributed by atoms with Crippen LogP contribution in [0, 0.1) is 0 Å². The molecule has 1 aliphatic carbocycles. The Labute approximate surface area is 196 Å². The second-order valence-electron chi connectivity index (χ2n) is 9.06. The third-order valence-corrected chi connectivity index (χ3v) is 7.91. The molecule has 178 valence electrons. The summed E-state index contributed by atoms with van der Waals surface area (Å²) in [6.45, 7) is 3.17. The first-order chi connectivity index (χ1) is 15.9. The second-order valence-corrected chi connectivity index (χ2v) is 10.6. The van der Waals surface area contributed by atoms with Gasteiger partial charge in [0.15, 0.2) is 5.84 Å². The molecule has 8 nitrogen and oxygen atoms in total. The van der Waals surface area contributed by atoms with Gasteiger partial charge >= 0.3 is 0 Å². The number of hydrogen-bond donors (Lipinski definition) is 4. The van der Waals surface area contributed by atoms with Crippen LogP contribution in [0.5, 0.6) is 0 Å². The Hall–Kier alpha value is -2.46. The fourth-order valence-electron chi connectivity index (χ4n) is 5.14. The maximum atomic E-state index is 12.1. The molecule has 1 heterocycles. The Morgan fingerprint density at radius 3 is 2.30 bits per heavy atom. The van der Waals surface area contributed by atoms with E-state index < -0.39 is 10.0 Å². The van der Waals surface area contributed by atoms with Crippen molar-refractivity contribution in [1.29, 1.82) is 0 Å². The number of nitrogens with two attached hydrogens (primary N) is 3. The summed E-state index contributed by atoms with van der Waals surface area (Å²) in [7, 11) is -3.99. The molecule has 2 aliphatic rings. The van der Waals surface area contributed by atoms with Crippen LogP contribution in [0.15, 0.2) is 52.5 Å². The Bertz CT molecular complexity index is 1090. The zero-order chi connectivity index (χ0) is 23.4. The quantitative estimate of drug-likeness (QED) is 0.211. The first-order valence-corrected chi connectivity index (χ1v) is 13.2. The minimum absolute atomic E-state index is 0.0793. The molecule has 7 N–H and O–H groups in total. The number of hydrazone groups is 1. The lowest BCUT2D eigenvalue weighted by molar-refractivity contribution is 0.144. The normalized spacial score (nSPS) is 19.2. The number of nitrogens with one attached hydrogen (secondary N) is 1. The van der Waals surface area contributed by atoms with Crippen molar-refractivity contribution in [2.45, 2.75) is 62.0 Å². The van der Waals surface area contributed by atoms with E-state index in [4.69, 9.17) is 16.7 Å². The van der Waals surface area contributed by atoms with Gasteiger partial charge in [0.25, 0.3) is 0 Å². The van der Waals surface area contributed by atoms with Crippen LogP contribution >= 0.6 is 0 Å². The zero-order valence-electron chi connectivity index (χ0n) is 18.9. The molecule has 0 spiro atoms. The lowest BCUT2D eigenvalue weighted by Crippen LogP contribution is -2.45. The topological polar surface area (TPSA) is 140 Å². The molecule has 0 amide bonds. The van der Waals surface area contributed by atoms with Crippen LogP contribution in [0.25, 0.3) is 11.1 Å². The largest absolute Gasteiger partial charge is 0.382 e. The highest BCUT2D eigenvalue weighted by Crippen LogP contribution is 2.29. The smallest absolute Gasteiger partial charge is 0.238 e. The summed E-state index contributed by atoms with van der Waals surface area (Å²) in [5.41, 5.74) is 8.76. The van der Waals surface area contributed by atoms with Crippen LogP contribution in [0.2, 0.25) is 0 Å². The van der Waals surface area contributed by atoms with E-state index in [1.807, 2.05) is 24.3 Å². The molecule has 2 aromatic rings. The molecular weight excluding hydrogens is 436 g/mol. The van der Waals surface area contributed by atoms with Crippen LogP contribution in [0.1, 0.15) is 49.7 Å². The summed E-state index contributed by atoms with van der Waals surface area (Å²) in [6, 6.07) is 14.2. The number of piperidine rings is 1. The van der Waals surface area contributed by atoms with Crippen LogP contribution in [-0.2, 0) is 16.6 Å². The van der Waals surface area contributed by atoms with Gasteiger partial charge in [-0.3, -0.25) is 0 Å². The Balaban J connectivity index is 1.42. The lowest BCUT2D eigenvalue weighted by Gasteiger charge is -2.36. The molecule has 9 heteroatoms. The summed E-state index contributed by atoms with van der Waals surface area (Å²) in [6.07, 6.45) is 7.90. The average molecular weight is 471 g/mol. The number of primary sulfonamides is 1. The van der Waals surface area contributed by atoms with E-state index in [1.165, 1.54) is 63.2 Å². The molecule has 1 aliphatic heterocycles. The van der Waals surface area contributed by atoms with Gasteiger partial charge in [-0.05, 0) is 61.5 Å². The van der Waals surface area contributed by atoms with E-state index >= 15 is 0 Å². The van der Waals surface area contributed by atoms with Crippen molar-refractivity contribution in [2.75, 3.05) is 13.1 Å². The van der Waals surface area contributed by atoms with E-state index in [2.05, 4.69) is 15.3 Å². The van der Waals surface area contributed by atoms with E-state index in [1.54, 1.807) is 12.1 Å². The molecule has 1 saturated carbocycles. The van der Waals surface area contributed by atoms with Gasteiger partial charge in [0.05, 0.1) is 4.90 Å². The van der Waals surface area contributed by atoms with Gasteiger partial charge in [-0.25, -0.2) is 13.6 Å². The number of nitrogens with zero attached hydrogens (tertiary/aromatic N) is 2. The molecule has 0 atom stereocenters. The minimum atomic E-state index is -3.99. The predicted molar refractivity (Wildman–Crippen MR) is 132 cm³/mol. The lowest BCUT2D eigenvalue weighted by atomic mass is 9.97. The highest BCUT2D eigenvalue weighted by atomic mass is 32.2. The van der Waals surface area contributed by atoms with E-state index in [9.17, 15) is 8.42 Å². The molecule has 0 radical (unpaired) electrons. The molecule has 0 unspecified atom stereocenters. The van der Waals surface area contributed by atoms with Crippen LogP contribution in [0.4, 0.5) is 0 Å². The zero-order valence-corrected chi connectivity index (χ0v) is 19.7. The molecular formula is C24H34N6O2S. The monoisotopic (exact) mass is 470 g/mol. The number of likely N-dealkylation sites (tertiary alicyclic amines) is 1. The molecule has 0 bridgehead atoms. The first kappa shape index (κ1) is 23.7.